The molecule has 0 saturated carbocycles. The maximum Gasteiger partial charge on any atom is 0.175 e. The number of aryl methyl sites for hydroxylation is 1. The Morgan fingerprint density at radius 3 is 2.45 bits per heavy atom. The summed E-state index contributed by atoms with van der Waals surface area (Å²) in [4.78, 5) is 0. The first-order valence-electron chi connectivity index (χ1n) is 9.98. The molecule has 0 spiro atoms. The maximum absolute atomic E-state index is 6.12. The average molecular weight is 454 g/mol. The predicted octanol–water partition coefficient (Wildman–Crippen LogP) is 6.59. The standard InChI is InChI=1S/C25H28BrNO2/c1-4-28-24-15-21(16-27-19(3)22-11-6-5-7-12-22)14-23(26)25(24)29-17-20-10-8-9-18(2)13-20/h5-15,19,27H,4,16-17H2,1-3H3/t19-/m0/s1. The number of benzene rings is 3. The minimum atomic E-state index is 0.266. The zero-order valence-electron chi connectivity index (χ0n) is 17.2. The van der Waals surface area contributed by atoms with Crippen LogP contribution < -0.4 is 14.8 Å². The van der Waals surface area contributed by atoms with E-state index in [1.807, 2.05) is 13.0 Å². The molecular weight excluding hydrogens is 426 g/mol. The van der Waals surface area contributed by atoms with E-state index in [0.717, 1.165) is 33.6 Å². The van der Waals surface area contributed by atoms with Gasteiger partial charge in [-0.15, -0.1) is 0 Å². The normalized spacial score (nSPS) is 11.9. The van der Waals surface area contributed by atoms with Crippen molar-refractivity contribution in [2.24, 2.45) is 0 Å². The monoisotopic (exact) mass is 453 g/mol. The summed E-state index contributed by atoms with van der Waals surface area (Å²) in [6, 6.07) is 23.2. The minimum Gasteiger partial charge on any atom is -0.490 e. The first-order valence-corrected chi connectivity index (χ1v) is 10.8. The zero-order chi connectivity index (χ0) is 20.6. The third kappa shape index (κ3) is 6.09. The summed E-state index contributed by atoms with van der Waals surface area (Å²) in [7, 11) is 0. The lowest BCUT2D eigenvalue weighted by Crippen LogP contribution is -2.18. The van der Waals surface area contributed by atoms with Crippen molar-refractivity contribution in [3.8, 4) is 11.5 Å². The molecule has 3 aromatic carbocycles. The Morgan fingerprint density at radius 1 is 0.931 bits per heavy atom. The molecule has 4 heteroatoms. The van der Waals surface area contributed by atoms with Crippen LogP contribution in [-0.4, -0.2) is 6.61 Å². The van der Waals surface area contributed by atoms with Crippen LogP contribution in [0.25, 0.3) is 0 Å². The summed E-state index contributed by atoms with van der Waals surface area (Å²) >= 11 is 3.68. The summed E-state index contributed by atoms with van der Waals surface area (Å²) in [5.41, 5.74) is 4.78. The van der Waals surface area contributed by atoms with Crippen LogP contribution in [0, 0.1) is 6.92 Å². The van der Waals surface area contributed by atoms with Gasteiger partial charge >= 0.3 is 0 Å². The molecule has 0 heterocycles. The molecule has 0 bridgehead atoms. The van der Waals surface area contributed by atoms with E-state index in [4.69, 9.17) is 9.47 Å². The van der Waals surface area contributed by atoms with E-state index in [9.17, 15) is 0 Å². The highest BCUT2D eigenvalue weighted by atomic mass is 79.9. The van der Waals surface area contributed by atoms with Gasteiger partial charge in [0.05, 0.1) is 11.1 Å². The smallest absolute Gasteiger partial charge is 0.175 e. The van der Waals surface area contributed by atoms with Crippen LogP contribution in [-0.2, 0) is 13.2 Å². The molecule has 0 saturated heterocycles. The number of ether oxygens (including phenoxy) is 2. The SMILES string of the molecule is CCOc1cc(CN[C@@H](C)c2ccccc2)cc(Br)c1OCc1cccc(C)c1. The van der Waals surface area contributed by atoms with Gasteiger partial charge in [-0.05, 0) is 65.5 Å². The van der Waals surface area contributed by atoms with Gasteiger partial charge in [0, 0.05) is 12.6 Å². The molecule has 3 nitrogen and oxygen atoms in total. The van der Waals surface area contributed by atoms with E-state index in [0.29, 0.717) is 13.2 Å². The molecule has 152 valence electrons. The van der Waals surface area contributed by atoms with Gasteiger partial charge in [0.25, 0.3) is 0 Å². The van der Waals surface area contributed by atoms with Crippen molar-refractivity contribution in [1.82, 2.24) is 5.32 Å². The molecule has 0 aliphatic rings. The van der Waals surface area contributed by atoms with E-state index >= 15 is 0 Å². The molecule has 1 atom stereocenters. The van der Waals surface area contributed by atoms with Crippen molar-refractivity contribution < 1.29 is 9.47 Å². The summed E-state index contributed by atoms with van der Waals surface area (Å²) < 4.78 is 12.9. The van der Waals surface area contributed by atoms with Gasteiger partial charge < -0.3 is 14.8 Å². The van der Waals surface area contributed by atoms with Gasteiger partial charge in [-0.1, -0.05) is 60.2 Å². The van der Waals surface area contributed by atoms with Crippen molar-refractivity contribution in [1.29, 1.82) is 0 Å². The molecule has 0 aliphatic heterocycles. The molecule has 3 rings (SSSR count). The number of halogens is 1. The van der Waals surface area contributed by atoms with E-state index < -0.39 is 0 Å². The Balaban J connectivity index is 1.71. The van der Waals surface area contributed by atoms with Gasteiger partial charge in [0.1, 0.15) is 6.61 Å². The van der Waals surface area contributed by atoms with Crippen LogP contribution in [0.3, 0.4) is 0 Å². The molecule has 0 aliphatic carbocycles. The Labute approximate surface area is 182 Å². The first kappa shape index (κ1) is 21.4. The van der Waals surface area contributed by atoms with Crippen LogP contribution in [0.2, 0.25) is 0 Å². The van der Waals surface area contributed by atoms with Gasteiger partial charge in [-0.2, -0.15) is 0 Å². The second-order valence-corrected chi connectivity index (χ2v) is 7.98. The highest BCUT2D eigenvalue weighted by Gasteiger charge is 2.14. The molecular formula is C25H28BrNO2. The Bertz CT molecular complexity index is 927. The number of nitrogens with one attached hydrogen (secondary N) is 1. The highest BCUT2D eigenvalue weighted by molar-refractivity contribution is 9.10. The van der Waals surface area contributed by atoms with E-state index in [2.05, 4.69) is 95.8 Å². The fourth-order valence-electron chi connectivity index (χ4n) is 3.21. The molecule has 0 aromatic heterocycles. The minimum absolute atomic E-state index is 0.266. The molecule has 3 aromatic rings. The second kappa shape index (κ2) is 10.5. The van der Waals surface area contributed by atoms with Gasteiger partial charge in [-0.3, -0.25) is 0 Å². The molecule has 0 unspecified atom stereocenters. The number of hydrogen-bond acceptors (Lipinski definition) is 3. The van der Waals surface area contributed by atoms with Gasteiger partial charge in [0.15, 0.2) is 11.5 Å². The zero-order valence-corrected chi connectivity index (χ0v) is 18.8. The van der Waals surface area contributed by atoms with Crippen molar-refractivity contribution >= 4 is 15.9 Å². The largest absolute Gasteiger partial charge is 0.490 e. The Hall–Kier alpha value is -2.30. The predicted molar refractivity (Wildman–Crippen MR) is 123 cm³/mol. The molecule has 0 amide bonds. The highest BCUT2D eigenvalue weighted by Crippen LogP contribution is 2.37. The van der Waals surface area contributed by atoms with Crippen LogP contribution in [0.5, 0.6) is 11.5 Å². The topological polar surface area (TPSA) is 30.5 Å². The maximum atomic E-state index is 6.12. The van der Waals surface area contributed by atoms with Crippen molar-refractivity contribution in [2.75, 3.05) is 6.61 Å². The van der Waals surface area contributed by atoms with Crippen molar-refractivity contribution in [3.63, 3.8) is 0 Å². The van der Waals surface area contributed by atoms with Crippen LogP contribution in [0.4, 0.5) is 0 Å². The fraction of sp³-hybridized carbons (Fsp3) is 0.280. The summed E-state index contributed by atoms with van der Waals surface area (Å²) in [5, 5.41) is 3.58. The van der Waals surface area contributed by atoms with Crippen molar-refractivity contribution in [3.05, 3.63) is 93.5 Å². The third-order valence-electron chi connectivity index (χ3n) is 4.75. The molecule has 0 fully saturated rings. The third-order valence-corrected chi connectivity index (χ3v) is 5.34. The lowest BCUT2D eigenvalue weighted by Gasteiger charge is -2.18. The lowest BCUT2D eigenvalue weighted by atomic mass is 10.1. The molecule has 1 N–H and O–H groups in total. The number of hydrogen-bond donors (Lipinski definition) is 1. The van der Waals surface area contributed by atoms with Crippen LogP contribution in [0.15, 0.2) is 71.2 Å². The Morgan fingerprint density at radius 2 is 1.72 bits per heavy atom. The lowest BCUT2D eigenvalue weighted by molar-refractivity contribution is 0.267. The molecule has 29 heavy (non-hydrogen) atoms. The fourth-order valence-corrected chi connectivity index (χ4v) is 3.82. The van der Waals surface area contributed by atoms with Gasteiger partial charge in [0.2, 0.25) is 0 Å². The Kier molecular flexibility index (Phi) is 7.73. The molecule has 0 radical (unpaired) electrons. The summed E-state index contributed by atoms with van der Waals surface area (Å²) in [6.07, 6.45) is 0. The van der Waals surface area contributed by atoms with E-state index in [1.54, 1.807) is 0 Å². The van der Waals surface area contributed by atoms with Crippen molar-refractivity contribution in [2.45, 2.75) is 40.0 Å². The second-order valence-electron chi connectivity index (χ2n) is 7.13. The van der Waals surface area contributed by atoms with Gasteiger partial charge in [-0.25, -0.2) is 0 Å². The summed E-state index contributed by atoms with van der Waals surface area (Å²) in [5.74, 6) is 1.51. The number of rotatable bonds is 9. The first-order chi connectivity index (χ1) is 14.1. The van der Waals surface area contributed by atoms with Crippen LogP contribution in [0.1, 0.15) is 42.1 Å². The quantitative estimate of drug-likeness (QED) is 0.396. The van der Waals surface area contributed by atoms with E-state index in [1.165, 1.54) is 11.1 Å². The average Bonchev–Trinajstić information content (AvgIpc) is 2.72. The van der Waals surface area contributed by atoms with Crippen LogP contribution >= 0.6 is 15.9 Å². The van der Waals surface area contributed by atoms with E-state index in [-0.39, 0.29) is 6.04 Å². The summed E-state index contributed by atoms with van der Waals surface area (Å²) in [6.45, 7) is 8.08.